The van der Waals surface area contributed by atoms with Crippen LogP contribution in [0.4, 0.5) is 0 Å². The van der Waals surface area contributed by atoms with Crippen molar-refractivity contribution in [3.8, 4) is 0 Å². The van der Waals surface area contributed by atoms with Crippen molar-refractivity contribution in [3.63, 3.8) is 0 Å². The van der Waals surface area contributed by atoms with Gasteiger partial charge in [-0.2, -0.15) is 0 Å². The van der Waals surface area contributed by atoms with E-state index in [-0.39, 0.29) is 18.9 Å². The summed E-state index contributed by atoms with van der Waals surface area (Å²) in [7, 11) is 0. The number of carbonyl (C=O) groups excluding carboxylic acids is 1. The topological polar surface area (TPSA) is 228 Å². The van der Waals surface area contributed by atoms with Crippen LogP contribution in [0.15, 0.2) is 60.8 Å². The van der Waals surface area contributed by atoms with E-state index in [1.807, 2.05) is 6.08 Å². The highest BCUT2D eigenvalue weighted by molar-refractivity contribution is 5.76. The Morgan fingerprint density at radius 3 is 1.61 bits per heavy atom. The van der Waals surface area contributed by atoms with Crippen LogP contribution in [0.25, 0.3) is 0 Å². The molecule has 0 spiro atoms. The Morgan fingerprint density at radius 2 is 1.05 bits per heavy atom. The van der Waals surface area contributed by atoms with E-state index in [0.717, 1.165) is 57.8 Å². The molecule has 1 amide bonds. The maximum absolute atomic E-state index is 13.1. The zero-order valence-corrected chi connectivity index (χ0v) is 40.4. The molecule has 12 unspecified atom stereocenters. The second kappa shape index (κ2) is 38.5. The molecule has 66 heavy (non-hydrogen) atoms. The minimum atomic E-state index is -1.79. The molecule has 14 heteroatoms. The molecule has 0 aromatic heterocycles. The monoisotopic (exact) mass is 938 g/mol. The average molecular weight is 938 g/mol. The summed E-state index contributed by atoms with van der Waals surface area (Å²) >= 11 is 0. The van der Waals surface area contributed by atoms with Crippen molar-refractivity contribution in [1.82, 2.24) is 5.32 Å². The predicted octanol–water partition coefficient (Wildman–Crippen LogP) is 6.66. The third-order valence-corrected chi connectivity index (χ3v) is 12.2. The van der Waals surface area contributed by atoms with E-state index in [0.29, 0.717) is 6.42 Å². The number of aliphatic hydroxyl groups is 8. The number of aliphatic hydroxyl groups excluding tert-OH is 8. The highest BCUT2D eigenvalue weighted by atomic mass is 16.7. The number of hydrogen-bond donors (Lipinski definition) is 9. The van der Waals surface area contributed by atoms with E-state index in [2.05, 4.69) is 67.8 Å². The molecule has 2 aliphatic rings. The smallest absolute Gasteiger partial charge is 0.220 e. The van der Waals surface area contributed by atoms with Crippen LogP contribution in [0.3, 0.4) is 0 Å². The minimum Gasteiger partial charge on any atom is -0.394 e. The summed E-state index contributed by atoms with van der Waals surface area (Å²) in [5.41, 5.74) is 0. The maximum Gasteiger partial charge on any atom is 0.220 e. The first-order valence-electron chi connectivity index (χ1n) is 25.5. The van der Waals surface area contributed by atoms with Crippen LogP contribution in [-0.4, -0.2) is 140 Å². The fourth-order valence-electron chi connectivity index (χ4n) is 8.04. The highest BCUT2D eigenvalue weighted by Crippen LogP contribution is 2.30. The number of allylic oxidation sites excluding steroid dienone is 9. The summed E-state index contributed by atoms with van der Waals surface area (Å²) < 4.78 is 22.7. The first-order chi connectivity index (χ1) is 32.1. The van der Waals surface area contributed by atoms with Crippen molar-refractivity contribution in [2.24, 2.45) is 0 Å². The van der Waals surface area contributed by atoms with Gasteiger partial charge in [-0.1, -0.05) is 164 Å². The lowest BCUT2D eigenvalue weighted by Crippen LogP contribution is -2.65. The summed E-state index contributed by atoms with van der Waals surface area (Å²) in [4.78, 5) is 13.1. The fourth-order valence-corrected chi connectivity index (χ4v) is 8.04. The molecule has 0 aromatic carbocycles. The zero-order valence-electron chi connectivity index (χ0n) is 40.4. The van der Waals surface area contributed by atoms with Gasteiger partial charge >= 0.3 is 0 Å². The molecular weight excluding hydrogens is 847 g/mol. The van der Waals surface area contributed by atoms with Gasteiger partial charge in [-0.05, 0) is 57.8 Å². The third-order valence-electron chi connectivity index (χ3n) is 12.2. The Balaban J connectivity index is 1.88. The predicted molar refractivity (Wildman–Crippen MR) is 258 cm³/mol. The fraction of sp³-hybridized carbons (Fsp3) is 0.788. The Labute approximate surface area is 396 Å². The van der Waals surface area contributed by atoms with Gasteiger partial charge in [0.05, 0.1) is 32.0 Å². The third kappa shape index (κ3) is 25.3. The van der Waals surface area contributed by atoms with Gasteiger partial charge in [0, 0.05) is 6.42 Å². The van der Waals surface area contributed by atoms with Crippen molar-refractivity contribution < 1.29 is 64.6 Å². The number of hydrogen-bond acceptors (Lipinski definition) is 13. The van der Waals surface area contributed by atoms with Gasteiger partial charge in [-0.3, -0.25) is 4.79 Å². The van der Waals surface area contributed by atoms with Crippen LogP contribution in [0.2, 0.25) is 0 Å². The largest absolute Gasteiger partial charge is 0.394 e. The van der Waals surface area contributed by atoms with E-state index in [4.69, 9.17) is 18.9 Å². The van der Waals surface area contributed by atoms with E-state index >= 15 is 0 Å². The molecule has 2 heterocycles. The Bertz CT molecular complexity index is 1340. The molecule has 382 valence electrons. The molecule has 2 saturated heterocycles. The highest BCUT2D eigenvalue weighted by Gasteiger charge is 2.51. The van der Waals surface area contributed by atoms with Crippen LogP contribution >= 0.6 is 0 Å². The van der Waals surface area contributed by atoms with Crippen molar-refractivity contribution in [1.29, 1.82) is 0 Å². The van der Waals surface area contributed by atoms with Crippen molar-refractivity contribution in [3.05, 3.63) is 60.8 Å². The summed E-state index contributed by atoms with van der Waals surface area (Å²) in [6, 6.07) is -0.937. The first-order valence-corrected chi connectivity index (χ1v) is 25.5. The van der Waals surface area contributed by atoms with Crippen LogP contribution in [-0.2, 0) is 23.7 Å². The van der Waals surface area contributed by atoms with E-state index in [1.165, 1.54) is 83.5 Å². The minimum absolute atomic E-state index is 0.227. The summed E-state index contributed by atoms with van der Waals surface area (Å²) in [5.74, 6) is -0.282. The van der Waals surface area contributed by atoms with Gasteiger partial charge in [-0.15, -0.1) is 0 Å². The lowest BCUT2D eigenvalue weighted by molar-refractivity contribution is -0.359. The normalized spacial score (nSPS) is 27.3. The van der Waals surface area contributed by atoms with Crippen molar-refractivity contribution in [2.75, 3.05) is 19.8 Å². The Hall–Kier alpha value is -2.31. The summed E-state index contributed by atoms with van der Waals surface area (Å²) in [5, 5.41) is 86.7. The molecule has 0 aliphatic carbocycles. The molecule has 2 rings (SSSR count). The molecule has 14 nitrogen and oxygen atoms in total. The quantitative estimate of drug-likeness (QED) is 0.0234. The van der Waals surface area contributed by atoms with Crippen LogP contribution in [0.1, 0.15) is 168 Å². The second-order valence-corrected chi connectivity index (χ2v) is 17.9. The van der Waals surface area contributed by atoms with E-state index in [1.54, 1.807) is 6.08 Å². The second-order valence-electron chi connectivity index (χ2n) is 17.9. The van der Waals surface area contributed by atoms with Gasteiger partial charge in [-0.25, -0.2) is 0 Å². The van der Waals surface area contributed by atoms with Crippen molar-refractivity contribution in [2.45, 2.75) is 242 Å². The molecule has 0 radical (unpaired) electrons. The molecule has 9 N–H and O–H groups in total. The lowest BCUT2D eigenvalue weighted by atomic mass is 9.97. The molecule has 0 bridgehead atoms. The Morgan fingerprint density at radius 1 is 0.561 bits per heavy atom. The van der Waals surface area contributed by atoms with Gasteiger partial charge in [0.1, 0.15) is 48.8 Å². The SMILES string of the molecule is CC/C=C\C/C=C\C/C=C\C/C=C\CCCCC(=O)NC(COC1OC(CO)C(OC2OC(CO)C(O)C(O)C2O)C(O)C1O)C(O)/C=C/CCCCCCCCCCCCCCCCC. The molecule has 0 aromatic rings. The standard InChI is InChI=1S/C52H91NO13/c1-3-5-7-9-11-13-15-17-19-20-22-23-25-27-29-31-33-35-41(56)40(53-44(57)36-34-32-30-28-26-24-21-18-16-14-12-10-8-6-4-2)39-63-51-49(62)47(60)50(43(38-55)65-51)66-52-48(61)46(59)45(58)42(37-54)64-52/h6,8,12,14,18,21,26,28,33,35,40-43,45-52,54-56,58-62H,3-5,7,9-11,13,15-17,19-20,22-25,27,29-32,34,36-39H2,1-2H3,(H,53,57)/b8-6-,14-12-,21-18-,28-26-,35-33+. The Kier molecular flexibility index (Phi) is 34.9. The van der Waals surface area contributed by atoms with Gasteiger partial charge in [0.15, 0.2) is 12.6 Å². The number of unbranched alkanes of at least 4 members (excludes halogenated alkanes) is 17. The van der Waals surface area contributed by atoms with Gasteiger partial charge < -0.3 is 65.1 Å². The zero-order chi connectivity index (χ0) is 48.2. The van der Waals surface area contributed by atoms with E-state index in [9.17, 15) is 45.6 Å². The van der Waals surface area contributed by atoms with Crippen molar-refractivity contribution >= 4 is 5.91 Å². The number of ether oxygens (including phenoxy) is 4. The number of carbonyl (C=O) groups is 1. The van der Waals surface area contributed by atoms with E-state index < -0.39 is 86.8 Å². The van der Waals surface area contributed by atoms with Crippen LogP contribution in [0, 0.1) is 0 Å². The number of nitrogens with one attached hydrogen (secondary N) is 1. The molecule has 2 aliphatic heterocycles. The van der Waals surface area contributed by atoms with Crippen LogP contribution in [0.5, 0.6) is 0 Å². The van der Waals surface area contributed by atoms with Gasteiger partial charge in [0.25, 0.3) is 0 Å². The lowest BCUT2D eigenvalue weighted by Gasteiger charge is -2.46. The summed E-state index contributed by atoms with van der Waals surface area (Å²) in [6.07, 6.45) is 29.7. The number of rotatable bonds is 38. The molecular formula is C52H91NO13. The molecule has 12 atom stereocenters. The summed E-state index contributed by atoms with van der Waals surface area (Å²) in [6.45, 7) is 2.63. The molecule has 0 saturated carbocycles. The van der Waals surface area contributed by atoms with Crippen LogP contribution < -0.4 is 5.32 Å². The maximum atomic E-state index is 13.1. The van der Waals surface area contributed by atoms with Gasteiger partial charge in [0.2, 0.25) is 5.91 Å². The average Bonchev–Trinajstić information content (AvgIpc) is 3.31. The first kappa shape index (κ1) is 59.8. The molecule has 2 fully saturated rings. The number of amides is 1.